The van der Waals surface area contributed by atoms with Crippen molar-refractivity contribution in [3.63, 3.8) is 0 Å². The zero-order valence-electron chi connectivity index (χ0n) is 11.5. The summed E-state index contributed by atoms with van der Waals surface area (Å²) in [6, 6.07) is 6.88. The number of nitrogens with zero attached hydrogens (tertiary/aromatic N) is 1. The molecule has 1 aromatic carbocycles. The van der Waals surface area contributed by atoms with E-state index < -0.39 is 5.97 Å². The molecule has 0 aliphatic rings. The van der Waals surface area contributed by atoms with E-state index in [1.165, 1.54) is 7.11 Å². The third-order valence-corrected chi connectivity index (χ3v) is 3.03. The Labute approximate surface area is 116 Å². The van der Waals surface area contributed by atoms with Crippen LogP contribution in [0.1, 0.15) is 15.9 Å². The number of hydrogen-bond donors (Lipinski definition) is 1. The number of aromatic nitrogens is 1. The van der Waals surface area contributed by atoms with Crippen LogP contribution in [-0.4, -0.2) is 30.3 Å². The average molecular weight is 273 g/mol. The number of benzene rings is 1. The molecule has 2 aromatic rings. The number of methoxy groups -OCH3 is 2. The molecule has 0 saturated heterocycles. The fraction of sp³-hybridized carbons (Fsp3) is 0.200. The molecule has 0 amide bonds. The first kappa shape index (κ1) is 13.9. The van der Waals surface area contributed by atoms with Crippen LogP contribution in [0.25, 0.3) is 11.3 Å². The van der Waals surface area contributed by atoms with Crippen molar-refractivity contribution < 1.29 is 19.4 Å². The van der Waals surface area contributed by atoms with Crippen molar-refractivity contribution in [2.45, 2.75) is 6.92 Å². The van der Waals surface area contributed by atoms with Gasteiger partial charge in [0.15, 0.2) is 11.5 Å². The maximum absolute atomic E-state index is 11.4. The highest BCUT2D eigenvalue weighted by molar-refractivity contribution is 5.96. The van der Waals surface area contributed by atoms with Gasteiger partial charge < -0.3 is 14.6 Å². The molecule has 0 bridgehead atoms. The first-order valence-corrected chi connectivity index (χ1v) is 5.99. The molecule has 0 aliphatic carbocycles. The topological polar surface area (TPSA) is 68.7 Å². The number of pyridine rings is 1. The van der Waals surface area contributed by atoms with Crippen LogP contribution in [0.4, 0.5) is 0 Å². The highest BCUT2D eigenvalue weighted by Gasteiger charge is 2.17. The molecule has 0 radical (unpaired) electrons. The van der Waals surface area contributed by atoms with E-state index in [1.807, 2.05) is 0 Å². The molecule has 1 aromatic heterocycles. The van der Waals surface area contributed by atoms with Crippen LogP contribution < -0.4 is 9.47 Å². The van der Waals surface area contributed by atoms with Gasteiger partial charge in [0.05, 0.1) is 25.5 Å². The second kappa shape index (κ2) is 5.61. The minimum absolute atomic E-state index is 0.194. The maximum Gasteiger partial charge on any atom is 0.338 e. The average Bonchev–Trinajstić information content (AvgIpc) is 2.45. The number of aryl methyl sites for hydroxylation is 1. The van der Waals surface area contributed by atoms with Crippen LogP contribution in [-0.2, 0) is 0 Å². The molecule has 1 N–H and O–H groups in total. The summed E-state index contributed by atoms with van der Waals surface area (Å²) in [6.07, 6.45) is 1.59. The lowest BCUT2D eigenvalue weighted by Crippen LogP contribution is -2.04. The lowest BCUT2D eigenvalue weighted by molar-refractivity contribution is 0.0696. The van der Waals surface area contributed by atoms with Crippen molar-refractivity contribution in [1.82, 2.24) is 4.98 Å². The smallest absolute Gasteiger partial charge is 0.338 e. The van der Waals surface area contributed by atoms with Gasteiger partial charge in [-0.1, -0.05) is 0 Å². The summed E-state index contributed by atoms with van der Waals surface area (Å²) >= 11 is 0. The summed E-state index contributed by atoms with van der Waals surface area (Å²) in [6.45, 7) is 1.75. The van der Waals surface area contributed by atoms with E-state index in [-0.39, 0.29) is 5.56 Å². The lowest BCUT2D eigenvalue weighted by Gasteiger charge is -2.11. The highest BCUT2D eigenvalue weighted by atomic mass is 16.5. The van der Waals surface area contributed by atoms with Crippen molar-refractivity contribution in [3.8, 4) is 22.8 Å². The number of carboxylic acid groups (broad SMARTS) is 1. The predicted octanol–water partition coefficient (Wildman–Crippen LogP) is 2.77. The number of ether oxygens (including phenoxy) is 2. The van der Waals surface area contributed by atoms with E-state index in [2.05, 4.69) is 4.98 Å². The van der Waals surface area contributed by atoms with E-state index in [4.69, 9.17) is 9.47 Å². The van der Waals surface area contributed by atoms with Crippen LogP contribution in [0.3, 0.4) is 0 Å². The summed E-state index contributed by atoms with van der Waals surface area (Å²) in [5.74, 6) is 0.116. The summed E-state index contributed by atoms with van der Waals surface area (Å²) in [4.78, 5) is 15.6. The van der Waals surface area contributed by atoms with Crippen molar-refractivity contribution in [3.05, 3.63) is 41.6 Å². The Balaban J connectivity index is 2.63. The van der Waals surface area contributed by atoms with E-state index >= 15 is 0 Å². The third-order valence-electron chi connectivity index (χ3n) is 3.03. The molecule has 0 aliphatic heterocycles. The van der Waals surface area contributed by atoms with Gasteiger partial charge in [0.25, 0.3) is 0 Å². The van der Waals surface area contributed by atoms with Crippen molar-refractivity contribution >= 4 is 5.97 Å². The van der Waals surface area contributed by atoms with Gasteiger partial charge in [-0.15, -0.1) is 0 Å². The number of carboxylic acids is 1. The van der Waals surface area contributed by atoms with Gasteiger partial charge in [-0.3, -0.25) is 4.98 Å². The first-order chi connectivity index (χ1) is 9.58. The molecule has 2 rings (SSSR count). The molecular weight excluding hydrogens is 258 g/mol. The normalized spacial score (nSPS) is 10.2. The Morgan fingerprint density at radius 3 is 2.45 bits per heavy atom. The molecule has 5 heteroatoms. The molecule has 0 fully saturated rings. The molecule has 1 heterocycles. The highest BCUT2D eigenvalue weighted by Crippen LogP contribution is 2.33. The second-order valence-corrected chi connectivity index (χ2v) is 4.23. The van der Waals surface area contributed by atoms with Gasteiger partial charge in [0, 0.05) is 11.8 Å². The minimum atomic E-state index is -1.000. The molecule has 20 heavy (non-hydrogen) atoms. The number of aromatic carboxylic acids is 1. The van der Waals surface area contributed by atoms with Crippen molar-refractivity contribution in [1.29, 1.82) is 0 Å². The van der Waals surface area contributed by atoms with Crippen molar-refractivity contribution in [2.75, 3.05) is 14.2 Å². The standard InChI is InChI=1S/C15H15NO4/c1-9-6-7-16-14(13(9)15(17)18)10-4-5-11(19-2)12(8-10)20-3/h4-8H,1-3H3,(H,17,18). The van der Waals surface area contributed by atoms with Gasteiger partial charge in [0.1, 0.15) is 0 Å². The fourth-order valence-corrected chi connectivity index (χ4v) is 2.03. The van der Waals surface area contributed by atoms with E-state index in [0.29, 0.717) is 28.3 Å². The second-order valence-electron chi connectivity index (χ2n) is 4.23. The first-order valence-electron chi connectivity index (χ1n) is 5.99. The number of carbonyl (C=O) groups is 1. The lowest BCUT2D eigenvalue weighted by atomic mass is 10.0. The Hall–Kier alpha value is -2.56. The van der Waals surface area contributed by atoms with Crippen LogP contribution >= 0.6 is 0 Å². The van der Waals surface area contributed by atoms with Crippen LogP contribution in [0.2, 0.25) is 0 Å². The SMILES string of the molecule is COc1ccc(-c2nccc(C)c2C(=O)O)cc1OC. The van der Waals surface area contributed by atoms with Crippen LogP contribution in [0.15, 0.2) is 30.5 Å². The molecule has 0 atom stereocenters. The number of rotatable bonds is 4. The van der Waals surface area contributed by atoms with Gasteiger partial charge >= 0.3 is 5.97 Å². The molecular formula is C15H15NO4. The summed E-state index contributed by atoms with van der Waals surface area (Å²) < 4.78 is 10.4. The number of hydrogen-bond acceptors (Lipinski definition) is 4. The van der Waals surface area contributed by atoms with Crippen molar-refractivity contribution in [2.24, 2.45) is 0 Å². The zero-order chi connectivity index (χ0) is 14.7. The zero-order valence-corrected chi connectivity index (χ0v) is 11.5. The maximum atomic E-state index is 11.4. The minimum Gasteiger partial charge on any atom is -0.493 e. The predicted molar refractivity (Wildman–Crippen MR) is 74.5 cm³/mol. The Morgan fingerprint density at radius 1 is 1.15 bits per heavy atom. The van der Waals surface area contributed by atoms with Gasteiger partial charge in [0.2, 0.25) is 0 Å². The summed E-state index contributed by atoms with van der Waals surface area (Å²) in [5, 5.41) is 9.34. The van der Waals surface area contributed by atoms with Crippen LogP contribution in [0.5, 0.6) is 11.5 Å². The van der Waals surface area contributed by atoms with Gasteiger partial charge in [-0.05, 0) is 36.8 Å². The summed E-state index contributed by atoms with van der Waals surface area (Å²) in [5.41, 5.74) is 1.94. The van der Waals surface area contributed by atoms with Gasteiger partial charge in [-0.25, -0.2) is 4.79 Å². The third kappa shape index (κ3) is 2.42. The fourth-order valence-electron chi connectivity index (χ4n) is 2.03. The summed E-state index contributed by atoms with van der Waals surface area (Å²) in [7, 11) is 3.08. The Morgan fingerprint density at radius 2 is 1.85 bits per heavy atom. The Kier molecular flexibility index (Phi) is 3.89. The van der Waals surface area contributed by atoms with Crippen LogP contribution in [0, 0.1) is 6.92 Å². The Bertz CT molecular complexity index is 652. The van der Waals surface area contributed by atoms with E-state index in [1.54, 1.807) is 44.5 Å². The quantitative estimate of drug-likeness (QED) is 0.927. The molecule has 5 nitrogen and oxygen atoms in total. The molecule has 0 spiro atoms. The van der Waals surface area contributed by atoms with Gasteiger partial charge in [-0.2, -0.15) is 0 Å². The molecule has 0 saturated carbocycles. The monoisotopic (exact) mass is 273 g/mol. The largest absolute Gasteiger partial charge is 0.493 e. The van der Waals surface area contributed by atoms with E-state index in [0.717, 1.165) is 0 Å². The molecule has 104 valence electrons. The van der Waals surface area contributed by atoms with E-state index in [9.17, 15) is 9.90 Å². The molecule has 0 unspecified atom stereocenters.